The van der Waals surface area contributed by atoms with Crippen LogP contribution in [0, 0.1) is 12.8 Å². The van der Waals surface area contributed by atoms with E-state index in [4.69, 9.17) is 0 Å². The fourth-order valence-corrected chi connectivity index (χ4v) is 3.07. The Morgan fingerprint density at radius 1 is 1.08 bits per heavy atom. The van der Waals surface area contributed by atoms with Crippen LogP contribution in [0.2, 0.25) is 0 Å². The van der Waals surface area contributed by atoms with E-state index in [0.29, 0.717) is 6.42 Å². The molecule has 1 aliphatic rings. The first-order valence-corrected chi connectivity index (χ1v) is 7.85. The van der Waals surface area contributed by atoms with Crippen LogP contribution in [0.3, 0.4) is 0 Å². The minimum Gasteiger partial charge on any atom is -0.274 e. The van der Waals surface area contributed by atoms with Crippen LogP contribution >= 0.6 is 0 Å². The Balaban J connectivity index is 1.84. The van der Waals surface area contributed by atoms with Crippen molar-refractivity contribution in [1.82, 2.24) is 0 Å². The fraction of sp³-hybridized carbons (Fsp3) is 0.263. The summed E-state index contributed by atoms with van der Waals surface area (Å²) in [4.78, 5) is 25.7. The van der Waals surface area contributed by atoms with Crippen LogP contribution in [0.15, 0.2) is 48.5 Å². The molecule has 3 rings (SSSR count). The first-order valence-electron chi connectivity index (χ1n) is 7.85. The number of imide groups is 1. The van der Waals surface area contributed by atoms with Gasteiger partial charge in [-0.1, -0.05) is 35.9 Å². The van der Waals surface area contributed by atoms with Crippen molar-refractivity contribution in [1.29, 1.82) is 0 Å². The molecule has 0 aliphatic carbocycles. The standard InChI is InChI=1S/C19H16F3NO2/c1-12-4-2-5-13(8-12)9-14-10-17(24)23(18(14)25)16-7-3-6-15(11-16)19(20,21)22/h2-8,11,14H,9-10H2,1H3/t14-/m1/s1. The fourth-order valence-electron chi connectivity index (χ4n) is 3.07. The SMILES string of the molecule is Cc1cccc(C[C@@H]2CC(=O)N(c3cccc(C(F)(F)F)c3)C2=O)c1. The Hall–Kier alpha value is -2.63. The van der Waals surface area contributed by atoms with Gasteiger partial charge in [0, 0.05) is 6.42 Å². The molecule has 2 aromatic carbocycles. The zero-order valence-electron chi connectivity index (χ0n) is 13.5. The number of carbonyl (C=O) groups is 2. The smallest absolute Gasteiger partial charge is 0.274 e. The molecule has 1 fully saturated rings. The van der Waals surface area contributed by atoms with E-state index in [1.807, 2.05) is 31.2 Å². The van der Waals surface area contributed by atoms with Crippen LogP contribution in [0.5, 0.6) is 0 Å². The largest absolute Gasteiger partial charge is 0.416 e. The number of hydrogen-bond acceptors (Lipinski definition) is 2. The van der Waals surface area contributed by atoms with Crippen molar-refractivity contribution >= 4 is 17.5 Å². The van der Waals surface area contributed by atoms with Gasteiger partial charge in [-0.3, -0.25) is 14.5 Å². The van der Waals surface area contributed by atoms with Crippen LogP contribution in [-0.4, -0.2) is 11.8 Å². The molecule has 0 spiro atoms. The van der Waals surface area contributed by atoms with E-state index in [1.165, 1.54) is 12.1 Å². The van der Waals surface area contributed by atoms with Gasteiger partial charge in [0.2, 0.25) is 11.8 Å². The van der Waals surface area contributed by atoms with Crippen LogP contribution in [0.25, 0.3) is 0 Å². The maximum atomic E-state index is 12.9. The third-order valence-corrected chi connectivity index (χ3v) is 4.24. The molecule has 130 valence electrons. The maximum Gasteiger partial charge on any atom is 0.416 e. The molecule has 0 unspecified atom stereocenters. The lowest BCUT2D eigenvalue weighted by Crippen LogP contribution is -2.31. The number of anilines is 1. The predicted octanol–water partition coefficient (Wildman–Crippen LogP) is 4.14. The van der Waals surface area contributed by atoms with E-state index in [2.05, 4.69) is 0 Å². The molecular formula is C19H16F3NO2. The monoisotopic (exact) mass is 347 g/mol. The summed E-state index contributed by atoms with van der Waals surface area (Å²) in [5, 5.41) is 0. The van der Waals surface area contributed by atoms with Gasteiger partial charge in [-0.2, -0.15) is 13.2 Å². The molecule has 1 saturated heterocycles. The Morgan fingerprint density at radius 2 is 1.80 bits per heavy atom. The summed E-state index contributed by atoms with van der Waals surface area (Å²) in [5.74, 6) is -1.48. The Labute approximate surface area is 143 Å². The highest BCUT2D eigenvalue weighted by molar-refractivity contribution is 6.21. The average molecular weight is 347 g/mol. The molecule has 1 atom stereocenters. The zero-order valence-corrected chi connectivity index (χ0v) is 13.5. The Bertz CT molecular complexity index is 829. The van der Waals surface area contributed by atoms with Gasteiger partial charge in [-0.05, 0) is 37.1 Å². The van der Waals surface area contributed by atoms with Crippen LogP contribution in [-0.2, 0) is 22.2 Å². The number of alkyl halides is 3. The molecule has 0 saturated carbocycles. The first-order chi connectivity index (χ1) is 11.8. The summed E-state index contributed by atoms with van der Waals surface area (Å²) in [6, 6.07) is 11.9. The first kappa shape index (κ1) is 17.2. The molecule has 2 aromatic rings. The lowest BCUT2D eigenvalue weighted by molar-refractivity contribution is -0.137. The van der Waals surface area contributed by atoms with Crippen molar-refractivity contribution in [2.75, 3.05) is 4.90 Å². The van der Waals surface area contributed by atoms with Gasteiger partial charge >= 0.3 is 6.18 Å². The molecule has 0 N–H and O–H groups in total. The topological polar surface area (TPSA) is 37.4 Å². The summed E-state index contributed by atoms with van der Waals surface area (Å²) < 4.78 is 38.6. The van der Waals surface area contributed by atoms with E-state index in [1.54, 1.807) is 0 Å². The predicted molar refractivity (Wildman–Crippen MR) is 86.9 cm³/mol. The molecule has 2 amide bonds. The van der Waals surface area contributed by atoms with Crippen molar-refractivity contribution in [3.8, 4) is 0 Å². The van der Waals surface area contributed by atoms with E-state index in [0.717, 1.165) is 28.2 Å². The molecule has 6 heteroatoms. The average Bonchev–Trinajstić information content (AvgIpc) is 2.81. The van der Waals surface area contributed by atoms with Gasteiger partial charge in [-0.25, -0.2) is 0 Å². The summed E-state index contributed by atoms with van der Waals surface area (Å²) >= 11 is 0. The number of rotatable bonds is 3. The highest BCUT2D eigenvalue weighted by Gasteiger charge is 2.40. The molecule has 1 aliphatic heterocycles. The van der Waals surface area contributed by atoms with Crippen LogP contribution in [0.1, 0.15) is 23.1 Å². The van der Waals surface area contributed by atoms with Crippen molar-refractivity contribution in [2.45, 2.75) is 25.9 Å². The highest BCUT2D eigenvalue weighted by Crippen LogP contribution is 2.34. The summed E-state index contributed by atoms with van der Waals surface area (Å²) in [6.45, 7) is 1.93. The third-order valence-electron chi connectivity index (χ3n) is 4.24. The molecule has 25 heavy (non-hydrogen) atoms. The van der Waals surface area contributed by atoms with Crippen molar-refractivity contribution < 1.29 is 22.8 Å². The minimum atomic E-state index is -4.53. The van der Waals surface area contributed by atoms with Crippen LogP contribution < -0.4 is 4.90 Å². The maximum absolute atomic E-state index is 12.9. The molecular weight excluding hydrogens is 331 g/mol. The second-order valence-electron chi connectivity index (χ2n) is 6.21. The van der Waals surface area contributed by atoms with Gasteiger partial charge < -0.3 is 0 Å². The highest BCUT2D eigenvalue weighted by atomic mass is 19.4. The summed E-state index contributed by atoms with van der Waals surface area (Å²) in [7, 11) is 0. The lowest BCUT2D eigenvalue weighted by atomic mass is 9.97. The Morgan fingerprint density at radius 3 is 2.48 bits per heavy atom. The van der Waals surface area contributed by atoms with E-state index in [-0.39, 0.29) is 12.1 Å². The molecule has 1 heterocycles. The van der Waals surface area contributed by atoms with Crippen molar-refractivity contribution in [3.05, 3.63) is 65.2 Å². The number of benzene rings is 2. The van der Waals surface area contributed by atoms with Crippen molar-refractivity contribution in [3.63, 3.8) is 0 Å². The molecule has 0 bridgehead atoms. The normalized spacial score (nSPS) is 18.1. The van der Waals surface area contributed by atoms with Gasteiger partial charge in [0.25, 0.3) is 0 Å². The number of aryl methyl sites for hydroxylation is 1. The summed E-state index contributed by atoms with van der Waals surface area (Å²) in [5.41, 5.74) is 1.06. The van der Waals surface area contributed by atoms with Gasteiger partial charge in [0.05, 0.1) is 17.2 Å². The van der Waals surface area contributed by atoms with E-state index < -0.39 is 29.5 Å². The Kier molecular flexibility index (Phi) is 4.37. The number of amides is 2. The molecule has 3 nitrogen and oxygen atoms in total. The zero-order chi connectivity index (χ0) is 18.2. The van der Waals surface area contributed by atoms with Crippen molar-refractivity contribution in [2.24, 2.45) is 5.92 Å². The van der Waals surface area contributed by atoms with E-state index >= 15 is 0 Å². The number of nitrogens with zero attached hydrogens (tertiary/aromatic N) is 1. The number of carbonyl (C=O) groups excluding carboxylic acids is 2. The second kappa shape index (κ2) is 6.35. The quantitative estimate of drug-likeness (QED) is 0.783. The third kappa shape index (κ3) is 3.57. The minimum absolute atomic E-state index is 0.00300. The van der Waals surface area contributed by atoms with Gasteiger partial charge in [0.15, 0.2) is 0 Å². The molecule has 0 aromatic heterocycles. The second-order valence-corrected chi connectivity index (χ2v) is 6.21. The van der Waals surface area contributed by atoms with Gasteiger partial charge in [-0.15, -0.1) is 0 Å². The number of halogens is 3. The lowest BCUT2D eigenvalue weighted by Gasteiger charge is -2.17. The number of hydrogen-bond donors (Lipinski definition) is 0. The summed E-state index contributed by atoms with van der Waals surface area (Å²) in [6.07, 6.45) is -4.13. The van der Waals surface area contributed by atoms with Crippen LogP contribution in [0.4, 0.5) is 18.9 Å². The molecule has 0 radical (unpaired) electrons. The van der Waals surface area contributed by atoms with E-state index in [9.17, 15) is 22.8 Å². The van der Waals surface area contributed by atoms with Gasteiger partial charge in [0.1, 0.15) is 0 Å².